The second kappa shape index (κ2) is 7.84. The highest BCUT2D eigenvalue weighted by Gasteiger charge is 2.05. The summed E-state index contributed by atoms with van der Waals surface area (Å²) in [5, 5.41) is 0.628. The Bertz CT molecular complexity index is 862. The van der Waals surface area contributed by atoms with Gasteiger partial charge < -0.3 is 9.72 Å². The van der Waals surface area contributed by atoms with Gasteiger partial charge in [0.15, 0.2) is 5.16 Å². The minimum atomic E-state index is -0.0926. The van der Waals surface area contributed by atoms with Crippen molar-refractivity contribution in [2.45, 2.75) is 18.2 Å². The first-order valence-electron chi connectivity index (χ1n) is 7.62. The number of thioether (sulfide) groups is 1. The zero-order chi connectivity index (χ0) is 16.8. The van der Waals surface area contributed by atoms with Crippen LogP contribution in [0, 0.1) is 0 Å². The molecule has 0 fully saturated rings. The SMILES string of the molecule is CSc1ncc(Cc2cccc(OCc3ccccc3)c2)c(=O)[nH]1. The summed E-state index contributed by atoms with van der Waals surface area (Å²) in [6, 6.07) is 17.8. The van der Waals surface area contributed by atoms with Crippen molar-refractivity contribution < 1.29 is 4.74 Å². The van der Waals surface area contributed by atoms with E-state index in [-0.39, 0.29) is 5.56 Å². The molecule has 5 heteroatoms. The van der Waals surface area contributed by atoms with Crippen LogP contribution in [-0.2, 0) is 13.0 Å². The summed E-state index contributed by atoms with van der Waals surface area (Å²) in [5.74, 6) is 0.793. The summed E-state index contributed by atoms with van der Waals surface area (Å²) in [6.45, 7) is 0.523. The number of rotatable bonds is 6. The molecule has 4 nitrogen and oxygen atoms in total. The van der Waals surface area contributed by atoms with Crippen molar-refractivity contribution in [1.82, 2.24) is 9.97 Å². The van der Waals surface area contributed by atoms with Gasteiger partial charge in [-0.25, -0.2) is 4.98 Å². The quantitative estimate of drug-likeness (QED) is 0.550. The van der Waals surface area contributed by atoms with E-state index in [0.29, 0.717) is 23.7 Å². The molecule has 0 bridgehead atoms. The van der Waals surface area contributed by atoms with Gasteiger partial charge in [-0.2, -0.15) is 0 Å². The van der Waals surface area contributed by atoms with E-state index >= 15 is 0 Å². The molecule has 0 aliphatic rings. The summed E-state index contributed by atoms with van der Waals surface area (Å²) < 4.78 is 5.83. The highest BCUT2D eigenvalue weighted by Crippen LogP contribution is 2.17. The molecule has 1 heterocycles. The summed E-state index contributed by atoms with van der Waals surface area (Å²) in [4.78, 5) is 19.1. The first-order valence-corrected chi connectivity index (χ1v) is 8.85. The lowest BCUT2D eigenvalue weighted by Crippen LogP contribution is -2.14. The minimum absolute atomic E-state index is 0.0926. The predicted octanol–water partition coefficient (Wildman–Crippen LogP) is 3.66. The van der Waals surface area contributed by atoms with Crippen LogP contribution in [0.3, 0.4) is 0 Å². The predicted molar refractivity (Wildman–Crippen MR) is 96.7 cm³/mol. The molecular formula is C19H18N2O2S. The molecule has 122 valence electrons. The maximum atomic E-state index is 12.1. The molecule has 0 spiro atoms. The lowest BCUT2D eigenvalue weighted by molar-refractivity contribution is 0.306. The van der Waals surface area contributed by atoms with Crippen LogP contribution in [0.4, 0.5) is 0 Å². The summed E-state index contributed by atoms with van der Waals surface area (Å²) in [5.41, 5.74) is 2.69. The van der Waals surface area contributed by atoms with Crippen molar-refractivity contribution in [2.24, 2.45) is 0 Å². The molecule has 1 aromatic heterocycles. The molecule has 0 radical (unpaired) electrons. The Morgan fingerprint density at radius 3 is 2.62 bits per heavy atom. The van der Waals surface area contributed by atoms with Crippen molar-refractivity contribution in [3.63, 3.8) is 0 Å². The highest BCUT2D eigenvalue weighted by atomic mass is 32.2. The van der Waals surface area contributed by atoms with Crippen molar-refractivity contribution in [3.05, 3.63) is 87.8 Å². The molecule has 2 aromatic carbocycles. The Labute approximate surface area is 144 Å². The summed E-state index contributed by atoms with van der Waals surface area (Å²) in [7, 11) is 0. The number of benzene rings is 2. The van der Waals surface area contributed by atoms with Crippen molar-refractivity contribution in [2.75, 3.05) is 6.26 Å². The summed E-state index contributed by atoms with van der Waals surface area (Å²) in [6.07, 6.45) is 4.05. The number of aromatic nitrogens is 2. The van der Waals surface area contributed by atoms with E-state index in [0.717, 1.165) is 16.9 Å². The lowest BCUT2D eigenvalue weighted by atomic mass is 10.1. The van der Waals surface area contributed by atoms with Crippen LogP contribution >= 0.6 is 11.8 Å². The molecule has 0 aliphatic carbocycles. The molecule has 0 atom stereocenters. The van der Waals surface area contributed by atoms with Gasteiger partial charge in [-0.15, -0.1) is 0 Å². The third-order valence-electron chi connectivity index (χ3n) is 3.58. The highest BCUT2D eigenvalue weighted by molar-refractivity contribution is 7.98. The Morgan fingerprint density at radius 1 is 1.08 bits per heavy atom. The molecule has 0 saturated heterocycles. The molecule has 1 N–H and O–H groups in total. The smallest absolute Gasteiger partial charge is 0.255 e. The van der Waals surface area contributed by atoms with Crippen LogP contribution in [0.15, 0.2) is 70.7 Å². The first kappa shape index (κ1) is 16.3. The number of H-pyrrole nitrogens is 1. The van der Waals surface area contributed by atoms with Crippen molar-refractivity contribution >= 4 is 11.8 Å². The first-order chi connectivity index (χ1) is 11.7. The number of hydrogen-bond donors (Lipinski definition) is 1. The van der Waals surface area contributed by atoms with Gasteiger partial charge in [-0.05, 0) is 29.5 Å². The van der Waals surface area contributed by atoms with Crippen LogP contribution in [0.1, 0.15) is 16.7 Å². The Hall–Kier alpha value is -2.53. The second-order valence-corrected chi connectivity index (χ2v) is 6.14. The number of ether oxygens (including phenoxy) is 1. The van der Waals surface area contributed by atoms with E-state index in [9.17, 15) is 4.79 Å². The van der Waals surface area contributed by atoms with Gasteiger partial charge in [0, 0.05) is 18.2 Å². The molecule has 3 rings (SSSR count). The van der Waals surface area contributed by atoms with Gasteiger partial charge in [0.1, 0.15) is 12.4 Å². The van der Waals surface area contributed by atoms with Gasteiger partial charge in [0.2, 0.25) is 0 Å². The van der Waals surface area contributed by atoms with Gasteiger partial charge in [0.05, 0.1) is 0 Å². The molecule has 0 amide bonds. The van der Waals surface area contributed by atoms with E-state index in [2.05, 4.69) is 9.97 Å². The monoisotopic (exact) mass is 338 g/mol. The van der Waals surface area contributed by atoms with E-state index < -0.39 is 0 Å². The molecular weight excluding hydrogens is 320 g/mol. The van der Waals surface area contributed by atoms with E-state index in [1.165, 1.54) is 11.8 Å². The maximum Gasteiger partial charge on any atom is 0.255 e. The summed E-state index contributed by atoms with van der Waals surface area (Å²) >= 11 is 1.42. The van der Waals surface area contributed by atoms with E-state index in [4.69, 9.17) is 4.74 Å². The lowest BCUT2D eigenvalue weighted by Gasteiger charge is -2.08. The fraction of sp³-hybridized carbons (Fsp3) is 0.158. The van der Waals surface area contributed by atoms with Crippen LogP contribution in [0.5, 0.6) is 5.75 Å². The average Bonchev–Trinajstić information content (AvgIpc) is 2.63. The fourth-order valence-electron chi connectivity index (χ4n) is 2.34. The third-order valence-corrected chi connectivity index (χ3v) is 4.18. The number of hydrogen-bond acceptors (Lipinski definition) is 4. The Kier molecular flexibility index (Phi) is 5.33. The minimum Gasteiger partial charge on any atom is -0.489 e. The zero-order valence-electron chi connectivity index (χ0n) is 13.4. The van der Waals surface area contributed by atoms with E-state index in [1.807, 2.05) is 60.9 Å². The van der Waals surface area contributed by atoms with Crippen molar-refractivity contribution in [3.8, 4) is 5.75 Å². The maximum absolute atomic E-state index is 12.1. The molecule has 0 saturated carbocycles. The Balaban J connectivity index is 1.70. The van der Waals surface area contributed by atoms with Crippen molar-refractivity contribution in [1.29, 1.82) is 0 Å². The van der Waals surface area contributed by atoms with E-state index in [1.54, 1.807) is 6.20 Å². The fourth-order valence-corrected chi connectivity index (χ4v) is 2.69. The molecule has 0 unspecified atom stereocenters. The number of aromatic amines is 1. The number of nitrogens with zero attached hydrogens (tertiary/aromatic N) is 1. The average molecular weight is 338 g/mol. The Morgan fingerprint density at radius 2 is 1.88 bits per heavy atom. The molecule has 24 heavy (non-hydrogen) atoms. The largest absolute Gasteiger partial charge is 0.489 e. The van der Waals surface area contributed by atoms with Crippen LogP contribution in [-0.4, -0.2) is 16.2 Å². The van der Waals surface area contributed by atoms with Crippen LogP contribution in [0.25, 0.3) is 0 Å². The molecule has 3 aromatic rings. The van der Waals surface area contributed by atoms with Gasteiger partial charge >= 0.3 is 0 Å². The van der Waals surface area contributed by atoms with Crippen LogP contribution < -0.4 is 10.3 Å². The van der Waals surface area contributed by atoms with Crippen LogP contribution in [0.2, 0.25) is 0 Å². The normalized spacial score (nSPS) is 10.5. The zero-order valence-corrected chi connectivity index (χ0v) is 14.2. The standard InChI is InChI=1S/C19H18N2O2S/c1-24-19-20-12-16(18(22)21-19)10-15-8-5-9-17(11-15)23-13-14-6-3-2-4-7-14/h2-9,11-12H,10,13H2,1H3,(H,20,21,22). The second-order valence-electron chi connectivity index (χ2n) is 5.35. The number of nitrogens with one attached hydrogen (secondary N) is 1. The van der Waals surface area contributed by atoms with Gasteiger partial charge in [-0.3, -0.25) is 4.79 Å². The third kappa shape index (κ3) is 4.26. The van der Waals surface area contributed by atoms with Gasteiger partial charge in [0.25, 0.3) is 5.56 Å². The topological polar surface area (TPSA) is 55.0 Å². The molecule has 0 aliphatic heterocycles. The van der Waals surface area contributed by atoms with Gasteiger partial charge in [-0.1, -0.05) is 54.2 Å².